The monoisotopic (exact) mass is 349 g/mol. The zero-order chi connectivity index (χ0) is 16.2. The Kier molecular flexibility index (Phi) is 5.09. The number of rotatable bonds is 7. The molecule has 122 valence electrons. The zero-order valence-electron chi connectivity index (χ0n) is 13.1. The largest absolute Gasteiger partial charge is 0.369 e. The lowest BCUT2D eigenvalue weighted by molar-refractivity contribution is 0.880. The number of anilines is 1. The van der Waals surface area contributed by atoms with E-state index in [1.165, 1.54) is 10.4 Å². The van der Waals surface area contributed by atoms with Gasteiger partial charge in [0.25, 0.3) is 0 Å². The number of nitrogens with two attached hydrogens (primary N) is 1. The van der Waals surface area contributed by atoms with Crippen molar-refractivity contribution in [1.82, 2.24) is 25.4 Å². The smallest absolute Gasteiger partial charge is 0.138 e. The van der Waals surface area contributed by atoms with Gasteiger partial charge in [0.1, 0.15) is 21.5 Å². The molecule has 7 nitrogen and oxygen atoms in total. The lowest BCUT2D eigenvalue weighted by atomic mass is 10.2. The number of aryl methyl sites for hydroxylation is 2. The summed E-state index contributed by atoms with van der Waals surface area (Å²) in [5, 5.41) is 15.9. The highest BCUT2D eigenvalue weighted by Crippen LogP contribution is 2.33. The third kappa shape index (κ3) is 3.62. The van der Waals surface area contributed by atoms with E-state index in [0.29, 0.717) is 13.0 Å². The highest BCUT2D eigenvalue weighted by molar-refractivity contribution is 7.99. The van der Waals surface area contributed by atoms with Crippen LogP contribution in [-0.4, -0.2) is 44.2 Å². The molecule has 0 aliphatic rings. The molecule has 0 aliphatic heterocycles. The molecule has 0 radical (unpaired) electrons. The summed E-state index contributed by atoms with van der Waals surface area (Å²) >= 11 is 3.36. The summed E-state index contributed by atoms with van der Waals surface area (Å²) in [6.07, 6.45) is 2.41. The third-order valence-corrected chi connectivity index (χ3v) is 5.48. The average Bonchev–Trinajstić information content (AvgIpc) is 3.13. The van der Waals surface area contributed by atoms with Crippen LogP contribution in [0.25, 0.3) is 10.2 Å². The minimum Gasteiger partial charge on any atom is -0.369 e. The molecule has 3 aromatic rings. The molecule has 0 aromatic carbocycles. The summed E-state index contributed by atoms with van der Waals surface area (Å²) < 4.78 is 0. The second-order valence-electron chi connectivity index (χ2n) is 5.07. The Labute approximate surface area is 142 Å². The van der Waals surface area contributed by atoms with Gasteiger partial charge < -0.3 is 11.1 Å². The van der Waals surface area contributed by atoms with Crippen LogP contribution in [0.4, 0.5) is 5.82 Å². The van der Waals surface area contributed by atoms with Gasteiger partial charge in [0.2, 0.25) is 0 Å². The molecule has 3 rings (SSSR count). The van der Waals surface area contributed by atoms with Gasteiger partial charge in [0.05, 0.1) is 11.6 Å². The first-order valence-electron chi connectivity index (χ1n) is 7.38. The SMILES string of the molecule is Cc1sc2nc(CCN)nc(NCCSc3cn[nH]n3)c2c1C. The van der Waals surface area contributed by atoms with E-state index in [9.17, 15) is 0 Å². The number of nitrogens with zero attached hydrogens (tertiary/aromatic N) is 4. The first kappa shape index (κ1) is 16.2. The van der Waals surface area contributed by atoms with Crippen molar-refractivity contribution in [3.63, 3.8) is 0 Å². The summed E-state index contributed by atoms with van der Waals surface area (Å²) in [6, 6.07) is 0. The van der Waals surface area contributed by atoms with Crippen molar-refractivity contribution in [1.29, 1.82) is 0 Å². The molecule has 0 atom stereocenters. The van der Waals surface area contributed by atoms with E-state index in [2.05, 4.69) is 44.5 Å². The van der Waals surface area contributed by atoms with Crippen LogP contribution in [-0.2, 0) is 6.42 Å². The number of thiophene rings is 1. The number of hydrogen-bond donors (Lipinski definition) is 3. The fraction of sp³-hybridized carbons (Fsp3) is 0.429. The van der Waals surface area contributed by atoms with Gasteiger partial charge in [0.15, 0.2) is 0 Å². The van der Waals surface area contributed by atoms with Crippen LogP contribution in [0, 0.1) is 13.8 Å². The highest BCUT2D eigenvalue weighted by Gasteiger charge is 2.14. The molecule has 0 fully saturated rings. The molecule has 0 spiro atoms. The highest BCUT2D eigenvalue weighted by atomic mass is 32.2. The van der Waals surface area contributed by atoms with Crippen LogP contribution in [0.3, 0.4) is 0 Å². The Balaban J connectivity index is 1.77. The first-order chi connectivity index (χ1) is 11.2. The van der Waals surface area contributed by atoms with Gasteiger partial charge in [-0.15, -0.1) is 28.2 Å². The number of hydrogen-bond acceptors (Lipinski definition) is 8. The predicted molar refractivity (Wildman–Crippen MR) is 95.2 cm³/mol. The van der Waals surface area contributed by atoms with Gasteiger partial charge in [-0.2, -0.15) is 10.3 Å². The molecule has 0 aliphatic carbocycles. The molecule has 0 bridgehead atoms. The molecule has 4 N–H and O–H groups in total. The van der Waals surface area contributed by atoms with E-state index in [1.807, 2.05) is 0 Å². The maximum Gasteiger partial charge on any atom is 0.138 e. The maximum atomic E-state index is 5.65. The molecule has 0 amide bonds. The van der Waals surface area contributed by atoms with Crippen LogP contribution >= 0.6 is 23.1 Å². The zero-order valence-corrected chi connectivity index (χ0v) is 14.7. The van der Waals surface area contributed by atoms with E-state index >= 15 is 0 Å². The normalized spacial score (nSPS) is 11.3. The Bertz CT molecular complexity index is 782. The van der Waals surface area contributed by atoms with Crippen LogP contribution < -0.4 is 11.1 Å². The minimum absolute atomic E-state index is 0.552. The Morgan fingerprint density at radius 2 is 2.22 bits per heavy atom. The van der Waals surface area contributed by atoms with E-state index in [4.69, 9.17) is 5.73 Å². The van der Waals surface area contributed by atoms with Crippen molar-refractivity contribution in [3.05, 3.63) is 22.5 Å². The van der Waals surface area contributed by atoms with Gasteiger partial charge in [0, 0.05) is 23.6 Å². The lowest BCUT2D eigenvalue weighted by Crippen LogP contribution is -2.11. The van der Waals surface area contributed by atoms with Gasteiger partial charge in [-0.25, -0.2) is 9.97 Å². The number of aromatic amines is 1. The van der Waals surface area contributed by atoms with Crippen molar-refractivity contribution < 1.29 is 0 Å². The molecular formula is C14H19N7S2. The summed E-state index contributed by atoms with van der Waals surface area (Å²) in [5.41, 5.74) is 6.90. The number of thioether (sulfide) groups is 1. The van der Waals surface area contributed by atoms with Crippen LogP contribution in [0.2, 0.25) is 0 Å². The van der Waals surface area contributed by atoms with E-state index < -0.39 is 0 Å². The first-order valence-corrected chi connectivity index (χ1v) is 9.18. The van der Waals surface area contributed by atoms with Crippen LogP contribution in [0.1, 0.15) is 16.3 Å². The van der Waals surface area contributed by atoms with Crippen molar-refractivity contribution in [2.45, 2.75) is 25.3 Å². The number of H-pyrrole nitrogens is 1. The second-order valence-corrected chi connectivity index (χ2v) is 7.39. The summed E-state index contributed by atoms with van der Waals surface area (Å²) in [4.78, 5) is 11.6. The Morgan fingerprint density at radius 1 is 1.35 bits per heavy atom. The number of aromatic nitrogens is 5. The molecule has 3 heterocycles. The van der Waals surface area contributed by atoms with Crippen molar-refractivity contribution >= 4 is 39.1 Å². The van der Waals surface area contributed by atoms with Crippen molar-refractivity contribution in [2.75, 3.05) is 24.2 Å². The molecule has 23 heavy (non-hydrogen) atoms. The van der Waals surface area contributed by atoms with E-state index in [1.54, 1.807) is 29.3 Å². The Hall–Kier alpha value is -1.71. The van der Waals surface area contributed by atoms with E-state index in [-0.39, 0.29) is 0 Å². The molecule has 0 saturated heterocycles. The van der Waals surface area contributed by atoms with Crippen molar-refractivity contribution in [3.8, 4) is 0 Å². The lowest BCUT2D eigenvalue weighted by Gasteiger charge is -2.09. The molecular weight excluding hydrogens is 330 g/mol. The van der Waals surface area contributed by atoms with E-state index in [0.717, 1.165) is 39.2 Å². The molecule has 0 saturated carbocycles. The van der Waals surface area contributed by atoms with Gasteiger partial charge in [-0.3, -0.25) is 0 Å². The van der Waals surface area contributed by atoms with Gasteiger partial charge in [-0.05, 0) is 26.0 Å². The number of fused-ring (bicyclic) bond motifs is 1. The standard InChI is InChI=1S/C14H19N7S2/c1-8-9(2)23-14-12(8)13(18-10(19-14)3-4-15)16-5-6-22-11-7-17-21-20-11/h7H,3-6,15H2,1-2H3,(H,16,18,19)(H,17,20,21). The predicted octanol–water partition coefficient (Wildman–Crippen LogP) is 2.13. The van der Waals surface area contributed by atoms with Crippen LogP contribution in [0.15, 0.2) is 11.2 Å². The van der Waals surface area contributed by atoms with Gasteiger partial charge >= 0.3 is 0 Å². The fourth-order valence-corrected chi connectivity index (χ4v) is 3.94. The van der Waals surface area contributed by atoms with Crippen molar-refractivity contribution in [2.24, 2.45) is 5.73 Å². The van der Waals surface area contributed by atoms with Gasteiger partial charge in [-0.1, -0.05) is 0 Å². The maximum absolute atomic E-state index is 5.65. The topological polar surface area (TPSA) is 105 Å². The minimum atomic E-state index is 0.552. The molecule has 0 unspecified atom stereocenters. The third-order valence-electron chi connectivity index (χ3n) is 3.48. The number of nitrogens with one attached hydrogen (secondary N) is 2. The Morgan fingerprint density at radius 3 is 2.96 bits per heavy atom. The second kappa shape index (κ2) is 7.24. The molecule has 3 aromatic heterocycles. The average molecular weight is 349 g/mol. The fourth-order valence-electron chi connectivity index (χ4n) is 2.25. The molecule has 9 heteroatoms. The summed E-state index contributed by atoms with van der Waals surface area (Å²) in [7, 11) is 0. The quantitative estimate of drug-likeness (QED) is 0.443. The summed E-state index contributed by atoms with van der Waals surface area (Å²) in [6.45, 7) is 5.58. The summed E-state index contributed by atoms with van der Waals surface area (Å²) in [5.74, 6) is 2.58. The van der Waals surface area contributed by atoms with Crippen LogP contribution in [0.5, 0.6) is 0 Å².